The van der Waals surface area contributed by atoms with Gasteiger partial charge in [-0.2, -0.15) is 0 Å². The molecule has 0 unspecified atom stereocenters. The molecule has 0 aromatic heterocycles. The van der Waals surface area contributed by atoms with Gasteiger partial charge in [-0.3, -0.25) is 0 Å². The first-order valence-electron chi connectivity index (χ1n) is 4.29. The van der Waals surface area contributed by atoms with Crippen molar-refractivity contribution in [2.75, 3.05) is 0 Å². The number of hydrogen-bond acceptors (Lipinski definition) is 0. The Hall–Kier alpha value is -0.560. The van der Waals surface area contributed by atoms with Crippen LogP contribution in [0.5, 0.6) is 0 Å². The van der Waals surface area contributed by atoms with Crippen molar-refractivity contribution in [2.24, 2.45) is 0 Å². The molecule has 0 spiro atoms. The Bertz CT molecular complexity index is 307. The Morgan fingerprint density at radius 1 is 1.25 bits per heavy atom. The van der Waals surface area contributed by atoms with Crippen molar-refractivity contribution >= 4 is 22.0 Å². The van der Waals surface area contributed by atoms with Gasteiger partial charge in [-0.25, -0.2) is 0 Å². The highest BCUT2D eigenvalue weighted by molar-refractivity contribution is 9.10. The smallest absolute Gasteiger partial charge is 0.0181 e. The van der Waals surface area contributed by atoms with Gasteiger partial charge < -0.3 is 0 Å². The molecule has 0 saturated heterocycles. The summed E-state index contributed by atoms with van der Waals surface area (Å²) in [5, 5.41) is 0. The molecule has 12 heavy (non-hydrogen) atoms. The van der Waals surface area contributed by atoms with E-state index in [-0.39, 0.29) is 0 Å². The lowest BCUT2D eigenvalue weighted by atomic mass is 9.91. The fourth-order valence-corrected chi connectivity index (χ4v) is 1.77. The van der Waals surface area contributed by atoms with Gasteiger partial charge in [0.25, 0.3) is 0 Å². The lowest BCUT2D eigenvalue weighted by molar-refractivity contribution is 0.670. The number of hydrogen-bond donors (Lipinski definition) is 0. The molecule has 1 fully saturated rings. The van der Waals surface area contributed by atoms with E-state index in [2.05, 4.69) is 46.3 Å². The second-order valence-corrected chi connectivity index (χ2v) is 4.13. The summed E-state index contributed by atoms with van der Waals surface area (Å²) in [6.07, 6.45) is 6.27. The first-order valence-corrected chi connectivity index (χ1v) is 5.09. The zero-order valence-electron chi connectivity index (χ0n) is 6.89. The fraction of sp³-hybridized carbons (Fsp3) is 0.273. The van der Waals surface area contributed by atoms with Gasteiger partial charge in [0.2, 0.25) is 0 Å². The summed E-state index contributed by atoms with van der Waals surface area (Å²) in [4.78, 5) is 0. The largest absolute Gasteiger partial charge is 0.0696 e. The number of rotatable bonds is 1. The van der Waals surface area contributed by atoms with Gasteiger partial charge in [-0.15, -0.1) is 0 Å². The third-order valence-corrected chi connectivity index (χ3v) is 2.71. The molecule has 0 nitrogen and oxygen atoms in total. The van der Waals surface area contributed by atoms with Crippen molar-refractivity contribution in [3.05, 3.63) is 39.9 Å². The van der Waals surface area contributed by atoms with E-state index in [1.54, 1.807) is 5.57 Å². The normalized spacial score (nSPS) is 15.6. The minimum atomic E-state index is 1.16. The van der Waals surface area contributed by atoms with E-state index >= 15 is 0 Å². The van der Waals surface area contributed by atoms with Crippen LogP contribution < -0.4 is 0 Å². The Balaban J connectivity index is 2.22. The number of benzene rings is 1. The molecule has 1 aromatic rings. The van der Waals surface area contributed by atoms with Crippen LogP contribution in [0.3, 0.4) is 0 Å². The molecule has 0 atom stereocenters. The Labute approximate surface area is 81.4 Å². The van der Waals surface area contributed by atoms with Crippen LogP contribution in [0.4, 0.5) is 0 Å². The van der Waals surface area contributed by atoms with Gasteiger partial charge in [0.1, 0.15) is 0 Å². The predicted molar refractivity (Wildman–Crippen MR) is 56.0 cm³/mol. The average molecular weight is 223 g/mol. The van der Waals surface area contributed by atoms with Crippen molar-refractivity contribution in [3.63, 3.8) is 0 Å². The van der Waals surface area contributed by atoms with Crippen molar-refractivity contribution in [2.45, 2.75) is 19.3 Å². The molecule has 62 valence electrons. The van der Waals surface area contributed by atoms with E-state index < -0.39 is 0 Å². The van der Waals surface area contributed by atoms with Gasteiger partial charge in [-0.1, -0.05) is 39.7 Å². The van der Waals surface area contributed by atoms with Gasteiger partial charge in [0.15, 0.2) is 0 Å². The highest BCUT2D eigenvalue weighted by Crippen LogP contribution is 2.27. The van der Waals surface area contributed by atoms with Crippen LogP contribution in [0.15, 0.2) is 34.3 Å². The van der Waals surface area contributed by atoms with Gasteiger partial charge in [0.05, 0.1) is 0 Å². The maximum Gasteiger partial charge on any atom is 0.0181 e. The maximum atomic E-state index is 3.46. The maximum absolute atomic E-state index is 3.46. The van der Waals surface area contributed by atoms with E-state index in [0.717, 1.165) is 4.47 Å². The molecular formula is C11H11Br. The minimum absolute atomic E-state index is 1.16. The monoisotopic (exact) mass is 222 g/mol. The topological polar surface area (TPSA) is 0 Å². The molecule has 0 radical (unpaired) electrons. The second-order valence-electron chi connectivity index (χ2n) is 3.21. The molecule has 0 amide bonds. The molecule has 0 N–H and O–H groups in total. The summed E-state index contributed by atoms with van der Waals surface area (Å²) in [6, 6.07) is 8.44. The summed E-state index contributed by atoms with van der Waals surface area (Å²) in [5.74, 6) is 0. The van der Waals surface area contributed by atoms with Gasteiger partial charge in [-0.05, 0) is 37.0 Å². The highest BCUT2D eigenvalue weighted by atomic mass is 79.9. The molecule has 2 rings (SSSR count). The molecule has 1 aliphatic carbocycles. The SMILES string of the molecule is Brc1cccc(C=C2CCC2)c1. The Kier molecular flexibility index (Phi) is 2.31. The fourth-order valence-electron chi connectivity index (χ4n) is 1.36. The van der Waals surface area contributed by atoms with E-state index in [9.17, 15) is 0 Å². The quantitative estimate of drug-likeness (QED) is 0.674. The highest BCUT2D eigenvalue weighted by Gasteiger charge is 2.07. The lowest BCUT2D eigenvalue weighted by Gasteiger charge is -2.15. The van der Waals surface area contributed by atoms with E-state index in [4.69, 9.17) is 0 Å². The second kappa shape index (κ2) is 3.44. The molecule has 1 aromatic carbocycles. The molecule has 0 aliphatic heterocycles. The number of halogens is 1. The molecule has 1 aliphatic rings. The van der Waals surface area contributed by atoms with E-state index in [1.807, 2.05) is 0 Å². The third kappa shape index (κ3) is 1.78. The van der Waals surface area contributed by atoms with Crippen LogP contribution in [0.2, 0.25) is 0 Å². The Morgan fingerprint density at radius 3 is 2.67 bits per heavy atom. The number of allylic oxidation sites excluding steroid dienone is 1. The van der Waals surface area contributed by atoms with E-state index in [0.29, 0.717) is 0 Å². The zero-order chi connectivity index (χ0) is 8.39. The summed E-state index contributed by atoms with van der Waals surface area (Å²) < 4.78 is 1.16. The Morgan fingerprint density at radius 2 is 2.08 bits per heavy atom. The minimum Gasteiger partial charge on any atom is -0.0696 e. The van der Waals surface area contributed by atoms with Crippen LogP contribution in [-0.4, -0.2) is 0 Å². The average Bonchev–Trinajstić information content (AvgIpc) is 1.97. The van der Waals surface area contributed by atoms with Crippen molar-refractivity contribution in [1.29, 1.82) is 0 Å². The molecule has 0 bridgehead atoms. The predicted octanol–water partition coefficient (Wildman–Crippen LogP) is 4.02. The summed E-state index contributed by atoms with van der Waals surface area (Å²) in [5.41, 5.74) is 2.91. The van der Waals surface area contributed by atoms with Crippen molar-refractivity contribution in [1.82, 2.24) is 0 Å². The summed E-state index contributed by atoms with van der Waals surface area (Å²) in [6.45, 7) is 0. The summed E-state index contributed by atoms with van der Waals surface area (Å²) >= 11 is 3.46. The lowest BCUT2D eigenvalue weighted by Crippen LogP contribution is -1.95. The first-order chi connectivity index (χ1) is 5.84. The van der Waals surface area contributed by atoms with Crippen LogP contribution in [0.1, 0.15) is 24.8 Å². The first kappa shape index (κ1) is 8.06. The standard InChI is InChI=1S/C11H11Br/c12-11-6-2-5-10(8-11)7-9-3-1-4-9/h2,5-8H,1,3-4H2. The van der Waals surface area contributed by atoms with Gasteiger partial charge >= 0.3 is 0 Å². The van der Waals surface area contributed by atoms with Crippen LogP contribution in [0, 0.1) is 0 Å². The molecule has 1 heteroatoms. The zero-order valence-corrected chi connectivity index (χ0v) is 8.47. The van der Waals surface area contributed by atoms with Crippen molar-refractivity contribution < 1.29 is 0 Å². The van der Waals surface area contributed by atoms with Crippen molar-refractivity contribution in [3.8, 4) is 0 Å². The molecule has 0 heterocycles. The van der Waals surface area contributed by atoms with Crippen LogP contribution in [-0.2, 0) is 0 Å². The summed E-state index contributed by atoms with van der Waals surface area (Å²) in [7, 11) is 0. The molecular weight excluding hydrogens is 212 g/mol. The molecule has 1 saturated carbocycles. The van der Waals surface area contributed by atoms with Crippen LogP contribution >= 0.6 is 15.9 Å². The third-order valence-electron chi connectivity index (χ3n) is 2.22. The van der Waals surface area contributed by atoms with Gasteiger partial charge in [0, 0.05) is 4.47 Å². The van der Waals surface area contributed by atoms with Crippen LogP contribution in [0.25, 0.3) is 6.08 Å². The van der Waals surface area contributed by atoms with E-state index in [1.165, 1.54) is 24.8 Å².